The zero-order valence-corrected chi connectivity index (χ0v) is 16.7. The second-order valence-electron chi connectivity index (χ2n) is 6.66. The monoisotopic (exact) mass is 430 g/mol. The average molecular weight is 431 g/mol. The molecule has 1 aliphatic rings. The quantitative estimate of drug-likeness (QED) is 0.665. The largest absolute Gasteiger partial charge is 0.312 e. The van der Waals surface area contributed by atoms with Crippen molar-refractivity contribution in [1.29, 1.82) is 0 Å². The fraction of sp³-hybridized carbons (Fsp3) is 0.200. The van der Waals surface area contributed by atoms with Gasteiger partial charge in [0, 0.05) is 25.1 Å². The van der Waals surface area contributed by atoms with Crippen molar-refractivity contribution >= 4 is 45.6 Å². The van der Waals surface area contributed by atoms with Crippen molar-refractivity contribution in [3.8, 4) is 0 Å². The third-order valence-electron chi connectivity index (χ3n) is 4.61. The third-order valence-corrected chi connectivity index (χ3v) is 5.73. The molecule has 9 heteroatoms. The van der Waals surface area contributed by atoms with Crippen molar-refractivity contribution in [3.05, 3.63) is 69.9 Å². The molecular formula is C20H16ClFN4O2S. The Morgan fingerprint density at radius 1 is 1.24 bits per heavy atom. The van der Waals surface area contributed by atoms with E-state index in [2.05, 4.69) is 15.5 Å². The summed E-state index contributed by atoms with van der Waals surface area (Å²) in [6.07, 6.45) is 0.700. The standard InChI is InChI=1S/C20H16ClFN4O2S/c21-15-10-14(6-7-16(15)22)26-11-13(9-18(26)27)19(28)23-20-25-24-17(29-20)8-12-4-2-1-3-5-12/h1-7,10,13H,8-9,11H2,(H,23,25,28). The molecule has 1 saturated heterocycles. The van der Waals surface area contributed by atoms with Crippen LogP contribution < -0.4 is 10.2 Å². The lowest BCUT2D eigenvalue weighted by Gasteiger charge is -2.17. The van der Waals surface area contributed by atoms with Gasteiger partial charge in [0.15, 0.2) is 0 Å². The summed E-state index contributed by atoms with van der Waals surface area (Å²) in [5.41, 5.74) is 1.58. The predicted molar refractivity (Wildman–Crippen MR) is 110 cm³/mol. The van der Waals surface area contributed by atoms with Crippen molar-refractivity contribution in [2.45, 2.75) is 12.8 Å². The molecule has 1 fully saturated rings. The van der Waals surface area contributed by atoms with Gasteiger partial charge in [0.25, 0.3) is 0 Å². The van der Waals surface area contributed by atoms with Gasteiger partial charge in [0.2, 0.25) is 16.9 Å². The van der Waals surface area contributed by atoms with Crippen LogP contribution >= 0.6 is 22.9 Å². The Kier molecular flexibility index (Phi) is 5.55. The highest BCUT2D eigenvalue weighted by Gasteiger charge is 2.35. The van der Waals surface area contributed by atoms with Crippen molar-refractivity contribution in [3.63, 3.8) is 0 Å². The Labute approximate surface area is 175 Å². The Bertz CT molecular complexity index is 1060. The lowest BCUT2D eigenvalue weighted by molar-refractivity contribution is -0.122. The van der Waals surface area contributed by atoms with Crippen LogP contribution in [0.4, 0.5) is 15.2 Å². The molecule has 2 heterocycles. The first-order chi connectivity index (χ1) is 14.0. The van der Waals surface area contributed by atoms with Gasteiger partial charge < -0.3 is 10.2 Å². The molecule has 1 atom stereocenters. The van der Waals surface area contributed by atoms with E-state index in [-0.39, 0.29) is 29.8 Å². The number of hydrogen-bond donors (Lipinski definition) is 1. The molecule has 0 bridgehead atoms. The highest BCUT2D eigenvalue weighted by molar-refractivity contribution is 7.15. The van der Waals surface area contributed by atoms with Crippen LogP contribution in [0.1, 0.15) is 17.0 Å². The van der Waals surface area contributed by atoms with E-state index in [0.29, 0.717) is 17.2 Å². The van der Waals surface area contributed by atoms with Gasteiger partial charge in [-0.05, 0) is 23.8 Å². The summed E-state index contributed by atoms with van der Waals surface area (Å²) >= 11 is 7.11. The molecule has 0 aliphatic carbocycles. The normalized spacial score (nSPS) is 16.3. The number of rotatable bonds is 5. The second-order valence-corrected chi connectivity index (χ2v) is 8.13. The number of nitrogens with zero attached hydrogens (tertiary/aromatic N) is 3. The second kappa shape index (κ2) is 8.26. The molecule has 1 unspecified atom stereocenters. The molecule has 0 spiro atoms. The van der Waals surface area contributed by atoms with Crippen LogP contribution in [0.5, 0.6) is 0 Å². The van der Waals surface area contributed by atoms with Gasteiger partial charge in [-0.3, -0.25) is 9.59 Å². The fourth-order valence-corrected chi connectivity index (χ4v) is 4.09. The van der Waals surface area contributed by atoms with E-state index in [4.69, 9.17) is 11.6 Å². The van der Waals surface area contributed by atoms with Gasteiger partial charge in [-0.2, -0.15) is 0 Å². The van der Waals surface area contributed by atoms with Gasteiger partial charge in [-0.25, -0.2) is 4.39 Å². The van der Waals surface area contributed by atoms with Crippen LogP contribution in [0.15, 0.2) is 48.5 Å². The average Bonchev–Trinajstić information content (AvgIpc) is 3.31. The molecule has 0 radical (unpaired) electrons. The molecule has 1 N–H and O–H groups in total. The number of halogens is 2. The summed E-state index contributed by atoms with van der Waals surface area (Å²) < 4.78 is 13.4. The maximum Gasteiger partial charge on any atom is 0.231 e. The Morgan fingerprint density at radius 3 is 2.79 bits per heavy atom. The highest BCUT2D eigenvalue weighted by Crippen LogP contribution is 2.29. The van der Waals surface area contributed by atoms with E-state index in [9.17, 15) is 14.0 Å². The minimum Gasteiger partial charge on any atom is -0.312 e. The Hall–Kier alpha value is -2.84. The zero-order chi connectivity index (χ0) is 20.4. The molecule has 0 saturated carbocycles. The highest BCUT2D eigenvalue weighted by atomic mass is 35.5. The Balaban J connectivity index is 1.39. The van der Waals surface area contributed by atoms with E-state index < -0.39 is 11.7 Å². The zero-order valence-electron chi connectivity index (χ0n) is 15.1. The molecule has 2 amide bonds. The third kappa shape index (κ3) is 4.44. The summed E-state index contributed by atoms with van der Waals surface area (Å²) in [6, 6.07) is 13.9. The molecule has 3 aromatic rings. The van der Waals surface area contributed by atoms with Crippen LogP contribution in [-0.4, -0.2) is 28.6 Å². The number of hydrogen-bond acceptors (Lipinski definition) is 5. The molecule has 1 aromatic heterocycles. The molecule has 148 valence electrons. The van der Waals surface area contributed by atoms with Crippen LogP contribution in [-0.2, 0) is 16.0 Å². The SMILES string of the molecule is O=C(Nc1nnc(Cc2ccccc2)s1)C1CC(=O)N(c2ccc(F)c(Cl)c2)C1. The number of anilines is 2. The molecule has 29 heavy (non-hydrogen) atoms. The van der Waals surface area contributed by atoms with Crippen LogP contribution in [0.25, 0.3) is 0 Å². The maximum atomic E-state index is 13.4. The van der Waals surface area contributed by atoms with Crippen molar-refractivity contribution in [2.75, 3.05) is 16.8 Å². The van der Waals surface area contributed by atoms with E-state index in [0.717, 1.165) is 10.6 Å². The first-order valence-electron chi connectivity index (χ1n) is 8.92. The lowest BCUT2D eigenvalue weighted by Crippen LogP contribution is -2.28. The topological polar surface area (TPSA) is 75.2 Å². The van der Waals surface area contributed by atoms with Crippen molar-refractivity contribution < 1.29 is 14.0 Å². The predicted octanol–water partition coefficient (Wildman–Crippen LogP) is 3.91. The lowest BCUT2D eigenvalue weighted by atomic mass is 10.1. The molecule has 1 aliphatic heterocycles. The number of amides is 2. The summed E-state index contributed by atoms with van der Waals surface area (Å²) in [5.74, 6) is -1.60. The van der Waals surface area contributed by atoms with Crippen LogP contribution in [0.2, 0.25) is 5.02 Å². The van der Waals surface area contributed by atoms with Gasteiger partial charge in [-0.15, -0.1) is 10.2 Å². The molecule has 4 rings (SSSR count). The molecular weight excluding hydrogens is 415 g/mol. The van der Waals surface area contributed by atoms with Crippen LogP contribution in [0.3, 0.4) is 0 Å². The van der Waals surface area contributed by atoms with Crippen molar-refractivity contribution in [2.24, 2.45) is 5.92 Å². The fourth-order valence-electron chi connectivity index (χ4n) is 3.14. The summed E-state index contributed by atoms with van der Waals surface area (Å²) in [6.45, 7) is 0.197. The number of benzene rings is 2. The van der Waals surface area contributed by atoms with E-state index in [1.54, 1.807) is 0 Å². The maximum absolute atomic E-state index is 13.4. The van der Waals surface area contributed by atoms with Gasteiger partial charge in [0.05, 0.1) is 10.9 Å². The first-order valence-corrected chi connectivity index (χ1v) is 10.1. The molecule has 6 nitrogen and oxygen atoms in total. The number of carbonyl (C=O) groups is 2. The van der Waals surface area contributed by atoms with Gasteiger partial charge in [-0.1, -0.05) is 53.3 Å². The van der Waals surface area contributed by atoms with Crippen LogP contribution in [0, 0.1) is 11.7 Å². The van der Waals surface area contributed by atoms with Gasteiger partial charge in [0.1, 0.15) is 10.8 Å². The minimum absolute atomic E-state index is 0.0660. The number of carbonyl (C=O) groups excluding carboxylic acids is 2. The summed E-state index contributed by atoms with van der Waals surface area (Å²) in [4.78, 5) is 26.4. The first kappa shape index (κ1) is 19.5. The Morgan fingerprint density at radius 2 is 2.03 bits per heavy atom. The number of nitrogens with one attached hydrogen (secondary N) is 1. The minimum atomic E-state index is -0.557. The van der Waals surface area contributed by atoms with E-state index in [1.165, 1.54) is 34.4 Å². The summed E-state index contributed by atoms with van der Waals surface area (Å²) in [5, 5.41) is 12.0. The smallest absolute Gasteiger partial charge is 0.231 e. The molecule has 2 aromatic carbocycles. The van der Waals surface area contributed by atoms with E-state index >= 15 is 0 Å². The summed E-state index contributed by atoms with van der Waals surface area (Å²) in [7, 11) is 0. The van der Waals surface area contributed by atoms with Crippen molar-refractivity contribution in [1.82, 2.24) is 10.2 Å². The van der Waals surface area contributed by atoms with E-state index in [1.807, 2.05) is 30.3 Å². The number of aromatic nitrogens is 2. The van der Waals surface area contributed by atoms with Gasteiger partial charge >= 0.3 is 0 Å².